The Labute approximate surface area is 147 Å². The third kappa shape index (κ3) is 6.72. The predicted molar refractivity (Wildman–Crippen MR) is 102 cm³/mol. The van der Waals surface area contributed by atoms with Gasteiger partial charge in [0.2, 0.25) is 0 Å². The molecule has 0 saturated heterocycles. The quantitative estimate of drug-likeness (QED) is 0.404. The number of rotatable bonds is 6. The summed E-state index contributed by atoms with van der Waals surface area (Å²) < 4.78 is 0. The summed E-state index contributed by atoms with van der Waals surface area (Å²) in [5, 5.41) is 7.06. The molecule has 21 heavy (non-hydrogen) atoms. The summed E-state index contributed by atoms with van der Waals surface area (Å²) in [7, 11) is 1.87. The first-order chi connectivity index (χ1) is 9.72. The highest BCUT2D eigenvalue weighted by molar-refractivity contribution is 14.0. The van der Waals surface area contributed by atoms with Gasteiger partial charge < -0.3 is 10.6 Å². The number of aliphatic imine (C=N–C) groups is 1. The molecule has 2 aliphatic carbocycles. The van der Waals surface area contributed by atoms with Crippen LogP contribution in [-0.2, 0) is 0 Å². The molecule has 0 atom stereocenters. The van der Waals surface area contributed by atoms with Crippen LogP contribution in [0.15, 0.2) is 4.99 Å². The lowest BCUT2D eigenvalue weighted by Crippen LogP contribution is -2.46. The minimum atomic E-state index is 0. The summed E-state index contributed by atoms with van der Waals surface area (Å²) in [6, 6.07) is 1.47. The minimum absolute atomic E-state index is 0. The van der Waals surface area contributed by atoms with Crippen LogP contribution in [0.4, 0.5) is 0 Å². The van der Waals surface area contributed by atoms with Crippen LogP contribution >= 0.6 is 24.0 Å². The standard InChI is InChI=1S/C16H32N4.HI/c1-4-20(15-9-10-15)12-11-18-16(17-3)19-14-7-5-13(2)6-8-14;/h13-15H,4-12H2,1-3H3,(H2,17,18,19);1H. The minimum Gasteiger partial charge on any atom is -0.355 e. The van der Waals surface area contributed by atoms with Gasteiger partial charge in [0.25, 0.3) is 0 Å². The van der Waals surface area contributed by atoms with E-state index in [4.69, 9.17) is 0 Å². The molecule has 0 aromatic carbocycles. The van der Waals surface area contributed by atoms with E-state index in [9.17, 15) is 0 Å². The number of hydrogen-bond acceptors (Lipinski definition) is 2. The van der Waals surface area contributed by atoms with Gasteiger partial charge >= 0.3 is 0 Å². The van der Waals surface area contributed by atoms with Gasteiger partial charge in [-0.05, 0) is 51.0 Å². The van der Waals surface area contributed by atoms with Crippen molar-refractivity contribution in [2.75, 3.05) is 26.7 Å². The maximum Gasteiger partial charge on any atom is 0.191 e. The Morgan fingerprint density at radius 3 is 2.33 bits per heavy atom. The van der Waals surface area contributed by atoms with Gasteiger partial charge in [-0.1, -0.05) is 13.8 Å². The molecule has 0 radical (unpaired) electrons. The first-order valence-electron chi connectivity index (χ1n) is 8.44. The van der Waals surface area contributed by atoms with E-state index in [0.717, 1.165) is 31.0 Å². The Morgan fingerprint density at radius 1 is 1.14 bits per heavy atom. The maximum absolute atomic E-state index is 4.36. The second-order valence-corrected chi connectivity index (χ2v) is 6.46. The fraction of sp³-hybridized carbons (Fsp3) is 0.938. The second-order valence-electron chi connectivity index (χ2n) is 6.46. The molecule has 4 nitrogen and oxygen atoms in total. The van der Waals surface area contributed by atoms with Crippen molar-refractivity contribution in [2.24, 2.45) is 10.9 Å². The fourth-order valence-electron chi connectivity index (χ4n) is 3.15. The number of likely N-dealkylation sites (N-methyl/N-ethyl adjacent to an activating group) is 1. The highest BCUT2D eigenvalue weighted by Gasteiger charge is 2.27. The first kappa shape index (κ1) is 19.0. The van der Waals surface area contributed by atoms with Gasteiger partial charge in [0.15, 0.2) is 5.96 Å². The van der Waals surface area contributed by atoms with Crippen molar-refractivity contribution in [3.8, 4) is 0 Å². The van der Waals surface area contributed by atoms with Crippen molar-refractivity contribution in [2.45, 2.75) is 64.5 Å². The summed E-state index contributed by atoms with van der Waals surface area (Å²) in [5.41, 5.74) is 0. The lowest BCUT2D eigenvalue weighted by Gasteiger charge is -2.28. The van der Waals surface area contributed by atoms with E-state index in [-0.39, 0.29) is 24.0 Å². The molecule has 0 spiro atoms. The topological polar surface area (TPSA) is 39.7 Å². The van der Waals surface area contributed by atoms with Gasteiger partial charge in [0.1, 0.15) is 0 Å². The molecule has 0 aromatic heterocycles. The maximum atomic E-state index is 4.36. The van der Waals surface area contributed by atoms with Gasteiger partial charge in [0, 0.05) is 32.2 Å². The Hall–Kier alpha value is -0.0400. The molecule has 2 rings (SSSR count). The number of nitrogens with zero attached hydrogens (tertiary/aromatic N) is 2. The molecule has 0 unspecified atom stereocenters. The summed E-state index contributed by atoms with van der Waals surface area (Å²) in [6.45, 7) is 7.91. The molecule has 2 aliphatic rings. The van der Waals surface area contributed by atoms with E-state index < -0.39 is 0 Å². The number of nitrogens with one attached hydrogen (secondary N) is 2. The monoisotopic (exact) mass is 408 g/mol. The van der Waals surface area contributed by atoms with Crippen molar-refractivity contribution in [1.82, 2.24) is 15.5 Å². The molecule has 0 bridgehead atoms. The third-order valence-corrected chi connectivity index (χ3v) is 4.74. The van der Waals surface area contributed by atoms with Crippen molar-refractivity contribution < 1.29 is 0 Å². The average molecular weight is 408 g/mol. The Kier molecular flexibility index (Phi) is 8.94. The first-order valence-corrected chi connectivity index (χ1v) is 8.44. The zero-order chi connectivity index (χ0) is 14.4. The van der Waals surface area contributed by atoms with E-state index in [2.05, 4.69) is 34.4 Å². The average Bonchev–Trinajstić information content (AvgIpc) is 3.29. The van der Waals surface area contributed by atoms with Gasteiger partial charge in [0.05, 0.1) is 0 Å². The molecular weight excluding hydrogens is 375 g/mol. The largest absolute Gasteiger partial charge is 0.355 e. The Morgan fingerprint density at radius 2 is 1.81 bits per heavy atom. The van der Waals surface area contributed by atoms with Gasteiger partial charge in [-0.2, -0.15) is 0 Å². The number of halogens is 1. The van der Waals surface area contributed by atoms with E-state index in [1.807, 2.05) is 7.05 Å². The van der Waals surface area contributed by atoms with Crippen LogP contribution in [0.25, 0.3) is 0 Å². The van der Waals surface area contributed by atoms with E-state index >= 15 is 0 Å². The number of guanidine groups is 1. The van der Waals surface area contributed by atoms with Crippen molar-refractivity contribution in [3.63, 3.8) is 0 Å². The normalized spacial score (nSPS) is 26.4. The summed E-state index contributed by atoms with van der Waals surface area (Å²) >= 11 is 0. The SMILES string of the molecule is CCN(CCNC(=NC)NC1CCC(C)CC1)C1CC1.I. The molecule has 0 aliphatic heterocycles. The van der Waals surface area contributed by atoms with Crippen LogP contribution in [0.1, 0.15) is 52.4 Å². The lowest BCUT2D eigenvalue weighted by molar-refractivity contribution is 0.281. The number of hydrogen-bond donors (Lipinski definition) is 2. The highest BCUT2D eigenvalue weighted by atomic mass is 127. The third-order valence-electron chi connectivity index (χ3n) is 4.74. The van der Waals surface area contributed by atoms with Crippen LogP contribution in [0, 0.1) is 5.92 Å². The van der Waals surface area contributed by atoms with E-state index in [1.54, 1.807) is 0 Å². The second kappa shape index (κ2) is 9.87. The molecule has 0 heterocycles. The molecule has 2 saturated carbocycles. The van der Waals surface area contributed by atoms with Gasteiger partial charge in [-0.25, -0.2) is 0 Å². The smallest absolute Gasteiger partial charge is 0.191 e. The lowest BCUT2D eigenvalue weighted by atomic mass is 9.87. The molecular formula is C16H33IN4. The van der Waals surface area contributed by atoms with Crippen molar-refractivity contribution in [3.05, 3.63) is 0 Å². The summed E-state index contributed by atoms with van der Waals surface area (Å²) in [6.07, 6.45) is 8.04. The summed E-state index contributed by atoms with van der Waals surface area (Å²) in [4.78, 5) is 6.93. The molecule has 5 heteroatoms. The van der Waals surface area contributed by atoms with Crippen LogP contribution in [0.2, 0.25) is 0 Å². The van der Waals surface area contributed by atoms with Crippen LogP contribution in [0.3, 0.4) is 0 Å². The summed E-state index contributed by atoms with van der Waals surface area (Å²) in [5.74, 6) is 1.89. The van der Waals surface area contributed by atoms with Crippen LogP contribution in [0.5, 0.6) is 0 Å². The predicted octanol–water partition coefficient (Wildman–Crippen LogP) is 2.83. The van der Waals surface area contributed by atoms with Crippen molar-refractivity contribution in [1.29, 1.82) is 0 Å². The van der Waals surface area contributed by atoms with Gasteiger partial charge in [-0.15, -0.1) is 24.0 Å². The van der Waals surface area contributed by atoms with Gasteiger partial charge in [-0.3, -0.25) is 9.89 Å². The molecule has 2 N–H and O–H groups in total. The van der Waals surface area contributed by atoms with Crippen molar-refractivity contribution >= 4 is 29.9 Å². The highest BCUT2D eigenvalue weighted by Crippen LogP contribution is 2.26. The van der Waals surface area contributed by atoms with E-state index in [0.29, 0.717) is 6.04 Å². The van der Waals surface area contributed by atoms with Crippen LogP contribution < -0.4 is 10.6 Å². The Bertz CT molecular complexity index is 309. The molecule has 2 fully saturated rings. The fourth-order valence-corrected chi connectivity index (χ4v) is 3.15. The molecule has 0 aromatic rings. The zero-order valence-electron chi connectivity index (χ0n) is 13.9. The molecule has 124 valence electrons. The molecule has 0 amide bonds. The zero-order valence-corrected chi connectivity index (χ0v) is 16.2. The Balaban J connectivity index is 0.00000220. The van der Waals surface area contributed by atoms with E-state index in [1.165, 1.54) is 45.1 Å². The van der Waals surface area contributed by atoms with Crippen LogP contribution in [-0.4, -0.2) is 49.6 Å².